The zero-order valence-corrected chi connectivity index (χ0v) is 8.79. The van der Waals surface area contributed by atoms with Crippen molar-refractivity contribution in [2.75, 3.05) is 5.32 Å². The summed E-state index contributed by atoms with van der Waals surface area (Å²) in [5.74, 6) is -0.0856. The topological polar surface area (TPSA) is 53.0 Å². The van der Waals surface area contributed by atoms with Gasteiger partial charge >= 0.3 is 0 Å². The number of nitrogens with one attached hydrogen (secondary N) is 2. The molecule has 0 saturated carbocycles. The lowest BCUT2D eigenvalue weighted by molar-refractivity contribution is -0.114. The Morgan fingerprint density at radius 3 is 2.21 bits per heavy atom. The number of carbonyl (C=O) groups is 1. The van der Waals surface area contributed by atoms with Crippen molar-refractivity contribution in [1.82, 2.24) is 0 Å². The number of rotatable bonds is 2. The maximum atomic E-state index is 10.6. The smallest absolute Gasteiger partial charge is 0.221 e. The number of benzene rings is 1. The summed E-state index contributed by atoms with van der Waals surface area (Å²) in [6.07, 6.45) is 1.26. The first-order valence-corrected chi connectivity index (χ1v) is 4.60. The Balaban J connectivity index is 0. The second kappa shape index (κ2) is 6.83. The van der Waals surface area contributed by atoms with Crippen molar-refractivity contribution >= 4 is 17.8 Å². The minimum atomic E-state index is -0.0856. The molecule has 3 nitrogen and oxygen atoms in total. The zero-order valence-electron chi connectivity index (χ0n) is 8.79. The highest BCUT2D eigenvalue weighted by Gasteiger charge is 1.93. The van der Waals surface area contributed by atoms with Crippen LogP contribution in [0.25, 0.3) is 0 Å². The van der Waals surface area contributed by atoms with E-state index < -0.39 is 0 Å². The first-order valence-electron chi connectivity index (χ1n) is 4.60. The van der Waals surface area contributed by atoms with Crippen molar-refractivity contribution in [3.63, 3.8) is 0 Å². The predicted octanol–water partition coefficient (Wildman–Crippen LogP) is 2.91. The van der Waals surface area contributed by atoms with Crippen LogP contribution in [0.5, 0.6) is 0 Å². The van der Waals surface area contributed by atoms with E-state index in [1.807, 2.05) is 13.8 Å². The fourth-order valence-corrected chi connectivity index (χ4v) is 0.866. The Hall–Kier alpha value is -1.64. The second-order valence-electron chi connectivity index (χ2n) is 2.45. The molecule has 0 atom stereocenters. The highest BCUT2D eigenvalue weighted by atomic mass is 16.1. The van der Waals surface area contributed by atoms with Crippen LogP contribution in [0.4, 0.5) is 5.69 Å². The van der Waals surface area contributed by atoms with Gasteiger partial charge in [0.05, 0.1) is 0 Å². The van der Waals surface area contributed by atoms with Crippen LogP contribution in [0.1, 0.15) is 27.8 Å². The second-order valence-corrected chi connectivity index (χ2v) is 2.45. The predicted molar refractivity (Wildman–Crippen MR) is 62.1 cm³/mol. The normalized spacial score (nSPS) is 8.21. The lowest BCUT2D eigenvalue weighted by Crippen LogP contribution is -2.05. The van der Waals surface area contributed by atoms with Gasteiger partial charge in [-0.3, -0.25) is 4.79 Å². The molecule has 0 spiro atoms. The van der Waals surface area contributed by atoms with E-state index in [4.69, 9.17) is 5.41 Å². The van der Waals surface area contributed by atoms with Crippen molar-refractivity contribution in [3.05, 3.63) is 29.8 Å². The molecule has 0 aliphatic carbocycles. The molecule has 1 aromatic rings. The van der Waals surface area contributed by atoms with Crippen LogP contribution in [0.3, 0.4) is 0 Å². The number of anilines is 1. The summed E-state index contributed by atoms with van der Waals surface area (Å²) in [4.78, 5) is 10.6. The Morgan fingerprint density at radius 1 is 1.36 bits per heavy atom. The van der Waals surface area contributed by atoms with Crippen LogP contribution < -0.4 is 5.32 Å². The average Bonchev–Trinajstić information content (AvgIpc) is 2.21. The lowest BCUT2D eigenvalue weighted by Gasteiger charge is -2.00. The molecule has 0 heterocycles. The van der Waals surface area contributed by atoms with Crippen LogP contribution in [-0.2, 0) is 4.79 Å². The summed E-state index contributed by atoms with van der Waals surface area (Å²) in [6, 6.07) is 7.08. The highest BCUT2D eigenvalue weighted by Crippen LogP contribution is 2.07. The molecule has 0 unspecified atom stereocenters. The van der Waals surface area contributed by atoms with Gasteiger partial charge in [0.1, 0.15) is 0 Å². The largest absolute Gasteiger partial charge is 0.326 e. The first kappa shape index (κ1) is 12.4. The number of hydrogen-bond donors (Lipinski definition) is 2. The maximum absolute atomic E-state index is 10.6. The fraction of sp³-hybridized carbons (Fsp3) is 0.273. The van der Waals surface area contributed by atoms with Gasteiger partial charge in [-0.15, -0.1) is 0 Å². The Morgan fingerprint density at radius 2 is 1.86 bits per heavy atom. The third-order valence-corrected chi connectivity index (χ3v) is 1.40. The van der Waals surface area contributed by atoms with Crippen molar-refractivity contribution in [3.8, 4) is 0 Å². The lowest BCUT2D eigenvalue weighted by atomic mass is 10.2. The fourth-order valence-electron chi connectivity index (χ4n) is 0.866. The molecule has 3 heteroatoms. The molecule has 0 radical (unpaired) electrons. The minimum absolute atomic E-state index is 0. The monoisotopic (exact) mass is 194 g/mol. The van der Waals surface area contributed by atoms with E-state index in [1.165, 1.54) is 13.1 Å². The molecule has 1 rings (SSSR count). The number of hydrogen-bond acceptors (Lipinski definition) is 2. The first-order chi connectivity index (χ1) is 6.72. The Labute approximate surface area is 86.1 Å². The van der Waals surface area contributed by atoms with Gasteiger partial charge in [-0.25, -0.2) is 0 Å². The van der Waals surface area contributed by atoms with E-state index in [9.17, 15) is 4.79 Å². The van der Waals surface area contributed by atoms with E-state index in [-0.39, 0.29) is 7.33 Å². The summed E-state index contributed by atoms with van der Waals surface area (Å²) in [5, 5.41) is 9.59. The van der Waals surface area contributed by atoms with Crippen LogP contribution in [0.15, 0.2) is 24.3 Å². The Bertz CT molecular complexity index is 296. The van der Waals surface area contributed by atoms with E-state index in [0.717, 1.165) is 11.3 Å². The molecule has 0 bridgehead atoms. The molecule has 14 heavy (non-hydrogen) atoms. The van der Waals surface area contributed by atoms with Gasteiger partial charge in [-0.2, -0.15) is 0 Å². The molecule has 2 N–H and O–H groups in total. The molecule has 0 aliphatic rings. The summed E-state index contributed by atoms with van der Waals surface area (Å²) in [6.45, 7) is 5.46. The molecule has 0 saturated heterocycles. The molecule has 0 fully saturated rings. The summed E-state index contributed by atoms with van der Waals surface area (Å²) in [5.41, 5.74) is 1.58. The molecular weight excluding hydrogens is 176 g/mol. The molecule has 0 aromatic heterocycles. The van der Waals surface area contributed by atoms with E-state index in [1.54, 1.807) is 24.3 Å². The quantitative estimate of drug-likeness (QED) is 0.699. The summed E-state index contributed by atoms with van der Waals surface area (Å²) < 4.78 is 0. The van der Waals surface area contributed by atoms with Crippen molar-refractivity contribution in [1.29, 1.82) is 5.41 Å². The maximum Gasteiger partial charge on any atom is 0.221 e. The summed E-state index contributed by atoms with van der Waals surface area (Å²) in [7, 11) is 0. The standard InChI is InChI=1S/C9H10N2O.C2H6.H2/c1-7(12)11-9-4-2-8(6-10)3-5-9;1-2;/h2-6,10H,1H3,(H,11,12);1-2H3;1H. The van der Waals surface area contributed by atoms with Crippen molar-refractivity contribution < 1.29 is 6.22 Å². The van der Waals surface area contributed by atoms with E-state index in [0.29, 0.717) is 0 Å². The van der Waals surface area contributed by atoms with Gasteiger partial charge in [0.15, 0.2) is 0 Å². The van der Waals surface area contributed by atoms with Crippen LogP contribution in [0, 0.1) is 5.41 Å². The molecule has 1 aromatic carbocycles. The van der Waals surface area contributed by atoms with Gasteiger partial charge in [0.25, 0.3) is 0 Å². The van der Waals surface area contributed by atoms with Gasteiger partial charge in [0, 0.05) is 20.3 Å². The van der Waals surface area contributed by atoms with Crippen LogP contribution in [-0.4, -0.2) is 12.1 Å². The van der Waals surface area contributed by atoms with Crippen molar-refractivity contribution in [2.24, 2.45) is 0 Å². The van der Waals surface area contributed by atoms with Gasteiger partial charge in [-0.1, -0.05) is 26.0 Å². The van der Waals surface area contributed by atoms with E-state index >= 15 is 0 Å². The van der Waals surface area contributed by atoms with Gasteiger partial charge < -0.3 is 10.7 Å². The van der Waals surface area contributed by atoms with Gasteiger partial charge in [-0.05, 0) is 17.7 Å². The van der Waals surface area contributed by atoms with Crippen LogP contribution in [0.2, 0.25) is 0 Å². The third kappa shape index (κ3) is 4.40. The molecular formula is C11H18N2O. The molecule has 0 aliphatic heterocycles. The zero-order chi connectivity index (χ0) is 11.0. The highest BCUT2D eigenvalue weighted by molar-refractivity contribution is 5.89. The van der Waals surface area contributed by atoms with E-state index in [2.05, 4.69) is 5.32 Å². The van der Waals surface area contributed by atoms with Crippen molar-refractivity contribution in [2.45, 2.75) is 20.8 Å². The number of carbonyl (C=O) groups excluding carboxylic acids is 1. The third-order valence-electron chi connectivity index (χ3n) is 1.40. The Kier molecular flexibility index (Phi) is 6.03. The van der Waals surface area contributed by atoms with Gasteiger partial charge in [0.2, 0.25) is 5.91 Å². The minimum Gasteiger partial charge on any atom is -0.326 e. The molecule has 78 valence electrons. The summed E-state index contributed by atoms with van der Waals surface area (Å²) >= 11 is 0. The average molecular weight is 194 g/mol. The SMILES string of the molecule is CC.CC(=O)Nc1ccc(C=N)cc1.[HH]. The number of amides is 1. The van der Waals surface area contributed by atoms with Crippen LogP contribution >= 0.6 is 0 Å². The molecule has 1 amide bonds.